The van der Waals surface area contributed by atoms with E-state index in [1.54, 1.807) is 13.8 Å². The third kappa shape index (κ3) is 4.89. The minimum atomic E-state index is -1.03. The number of imide groups is 2. The zero-order valence-electron chi connectivity index (χ0n) is 17.3. The number of hydrogen-bond donors (Lipinski definition) is 4. The van der Waals surface area contributed by atoms with Gasteiger partial charge in [0.2, 0.25) is 5.91 Å². The molecule has 11 heteroatoms. The van der Waals surface area contributed by atoms with Crippen molar-refractivity contribution in [1.29, 1.82) is 0 Å². The molecular weight excluding hydrogens is 408 g/mol. The molecule has 2 atom stereocenters. The molecular formula is C20H26N4O7. The van der Waals surface area contributed by atoms with Crippen LogP contribution in [-0.2, 0) is 14.4 Å². The average Bonchev–Trinajstić information content (AvgIpc) is 2.95. The van der Waals surface area contributed by atoms with Gasteiger partial charge in [0.25, 0.3) is 17.7 Å². The summed E-state index contributed by atoms with van der Waals surface area (Å²) in [4.78, 5) is 61.0. The fourth-order valence-electron chi connectivity index (χ4n) is 3.24. The Labute approximate surface area is 178 Å². The summed E-state index contributed by atoms with van der Waals surface area (Å²) >= 11 is 0. The first kappa shape index (κ1) is 24.0. The number of anilines is 1. The van der Waals surface area contributed by atoms with Crippen molar-refractivity contribution in [2.24, 2.45) is 11.7 Å². The number of carbonyl (C=O) groups is 5. The zero-order valence-corrected chi connectivity index (χ0v) is 17.3. The molecule has 1 unspecified atom stereocenters. The second-order valence-electron chi connectivity index (χ2n) is 7.56. The van der Waals surface area contributed by atoms with Crippen LogP contribution in [0.3, 0.4) is 0 Å². The Morgan fingerprint density at radius 2 is 1.77 bits per heavy atom. The number of nitrogens with zero attached hydrogens (tertiary/aromatic N) is 2. The van der Waals surface area contributed by atoms with E-state index in [0.29, 0.717) is 5.69 Å². The Morgan fingerprint density at radius 1 is 1.16 bits per heavy atom. The molecule has 0 radical (unpaired) electrons. The van der Waals surface area contributed by atoms with E-state index in [1.807, 2.05) is 0 Å². The zero-order chi connectivity index (χ0) is 23.5. The quantitative estimate of drug-likeness (QED) is 0.348. The molecule has 168 valence electrons. The second-order valence-corrected chi connectivity index (χ2v) is 7.56. The van der Waals surface area contributed by atoms with E-state index in [9.17, 15) is 24.0 Å². The van der Waals surface area contributed by atoms with Crippen LogP contribution in [0, 0.1) is 5.92 Å². The number of carbonyl (C=O) groups excluding carboxylic acids is 4. The van der Waals surface area contributed by atoms with E-state index < -0.39 is 41.7 Å². The molecule has 0 spiro atoms. The van der Waals surface area contributed by atoms with E-state index >= 15 is 0 Å². The average molecular weight is 434 g/mol. The number of aliphatic hydroxyl groups excluding tert-OH is 1. The molecule has 4 amide bonds. The van der Waals surface area contributed by atoms with Gasteiger partial charge in [-0.05, 0) is 30.5 Å². The van der Waals surface area contributed by atoms with Crippen LogP contribution in [0.4, 0.5) is 5.69 Å². The number of aliphatic hydroxyl groups is 1. The standard InChI is InChI=1S/C15H15N3O5.C5H11NO2/c16-8-1-2-9-10(7-8)14(22)18(13(9)21)11-3-4-12(20)17(5-6-19)15(11)23;1-3(2)4(6)5(7)8/h1-2,7,11,19H,3-6,16H2;3-4H,6H2,1-2H3,(H,7,8)/t;4-/m.0/s1. The molecule has 0 saturated carbocycles. The molecule has 1 fully saturated rings. The van der Waals surface area contributed by atoms with Crippen LogP contribution in [0.15, 0.2) is 18.2 Å². The summed E-state index contributed by atoms with van der Waals surface area (Å²) in [6, 6.07) is 2.62. The number of likely N-dealkylation sites (tertiary alicyclic amines) is 1. The lowest BCUT2D eigenvalue weighted by atomic mass is 10.0. The molecule has 3 rings (SSSR count). The molecule has 2 heterocycles. The number of hydrogen-bond acceptors (Lipinski definition) is 8. The number of fused-ring (bicyclic) bond motifs is 1. The maximum atomic E-state index is 12.5. The summed E-state index contributed by atoms with van der Waals surface area (Å²) in [5.41, 5.74) is 11.5. The van der Waals surface area contributed by atoms with E-state index in [4.69, 9.17) is 21.7 Å². The van der Waals surface area contributed by atoms with Crippen molar-refractivity contribution in [2.75, 3.05) is 18.9 Å². The van der Waals surface area contributed by atoms with Crippen LogP contribution in [0.5, 0.6) is 0 Å². The number of piperidine rings is 1. The number of β-amino-alcohol motifs (C(OH)–C–C–N with tert-alkyl or cyclic N) is 1. The van der Waals surface area contributed by atoms with Crippen LogP contribution in [0.2, 0.25) is 0 Å². The minimum Gasteiger partial charge on any atom is -0.480 e. The van der Waals surface area contributed by atoms with Gasteiger partial charge in [0.15, 0.2) is 0 Å². The third-order valence-electron chi connectivity index (χ3n) is 5.06. The van der Waals surface area contributed by atoms with Crippen molar-refractivity contribution < 1.29 is 34.2 Å². The summed E-state index contributed by atoms with van der Waals surface area (Å²) in [5.74, 6) is -3.12. The monoisotopic (exact) mass is 434 g/mol. The minimum absolute atomic E-state index is 0.0208. The summed E-state index contributed by atoms with van der Waals surface area (Å²) in [5, 5.41) is 17.2. The molecule has 1 aromatic carbocycles. The van der Waals surface area contributed by atoms with Crippen molar-refractivity contribution in [1.82, 2.24) is 9.80 Å². The highest BCUT2D eigenvalue weighted by atomic mass is 16.4. The molecule has 1 saturated heterocycles. The lowest BCUT2D eigenvalue weighted by Crippen LogP contribution is -2.56. The van der Waals surface area contributed by atoms with E-state index in [-0.39, 0.29) is 43.0 Å². The Bertz CT molecular complexity index is 915. The number of carboxylic acids is 1. The second kappa shape index (κ2) is 9.67. The summed E-state index contributed by atoms with van der Waals surface area (Å²) in [6.45, 7) is 3.03. The largest absolute Gasteiger partial charge is 0.480 e. The van der Waals surface area contributed by atoms with Crippen molar-refractivity contribution in [3.8, 4) is 0 Å². The summed E-state index contributed by atoms with van der Waals surface area (Å²) in [6.07, 6.45) is 0.118. The van der Waals surface area contributed by atoms with Gasteiger partial charge < -0.3 is 21.7 Å². The first-order chi connectivity index (χ1) is 14.5. The first-order valence-corrected chi connectivity index (χ1v) is 9.72. The van der Waals surface area contributed by atoms with Crippen LogP contribution in [0.1, 0.15) is 47.4 Å². The van der Waals surface area contributed by atoms with Crippen molar-refractivity contribution in [2.45, 2.75) is 38.8 Å². The van der Waals surface area contributed by atoms with Gasteiger partial charge in [0, 0.05) is 12.1 Å². The first-order valence-electron chi connectivity index (χ1n) is 9.72. The molecule has 0 bridgehead atoms. The van der Waals surface area contributed by atoms with Gasteiger partial charge in [0.05, 0.1) is 24.3 Å². The number of nitrogens with two attached hydrogens (primary N) is 2. The van der Waals surface area contributed by atoms with Gasteiger partial charge in [-0.2, -0.15) is 0 Å². The maximum Gasteiger partial charge on any atom is 0.320 e. The van der Waals surface area contributed by atoms with Gasteiger partial charge in [-0.15, -0.1) is 0 Å². The van der Waals surface area contributed by atoms with Crippen molar-refractivity contribution >= 4 is 35.3 Å². The van der Waals surface area contributed by atoms with Crippen LogP contribution in [-0.4, -0.2) is 74.8 Å². The normalized spacial score (nSPS) is 19.3. The van der Waals surface area contributed by atoms with Crippen LogP contribution >= 0.6 is 0 Å². The van der Waals surface area contributed by atoms with E-state index in [0.717, 1.165) is 9.80 Å². The summed E-state index contributed by atoms with van der Waals surface area (Å²) < 4.78 is 0. The predicted octanol–water partition coefficient (Wildman–Crippen LogP) is -0.571. The number of nitrogen functional groups attached to an aromatic ring is 1. The topological polar surface area (TPSA) is 184 Å². The van der Waals surface area contributed by atoms with Crippen LogP contribution < -0.4 is 11.5 Å². The van der Waals surface area contributed by atoms with Crippen molar-refractivity contribution in [3.63, 3.8) is 0 Å². The van der Waals surface area contributed by atoms with E-state index in [2.05, 4.69) is 0 Å². The highest BCUT2D eigenvalue weighted by Crippen LogP contribution is 2.30. The number of benzene rings is 1. The van der Waals surface area contributed by atoms with Gasteiger partial charge in [-0.25, -0.2) is 0 Å². The molecule has 11 nitrogen and oxygen atoms in total. The smallest absolute Gasteiger partial charge is 0.320 e. The number of carboxylic acid groups (broad SMARTS) is 1. The molecule has 31 heavy (non-hydrogen) atoms. The fraction of sp³-hybridized carbons (Fsp3) is 0.450. The lowest BCUT2D eigenvalue weighted by Gasteiger charge is -2.34. The highest BCUT2D eigenvalue weighted by molar-refractivity contribution is 6.23. The number of amides is 4. The number of rotatable bonds is 5. The van der Waals surface area contributed by atoms with Crippen LogP contribution in [0.25, 0.3) is 0 Å². The fourth-order valence-corrected chi connectivity index (χ4v) is 3.24. The third-order valence-corrected chi connectivity index (χ3v) is 5.06. The Balaban J connectivity index is 0.000000366. The van der Waals surface area contributed by atoms with Gasteiger partial charge >= 0.3 is 5.97 Å². The Kier molecular flexibility index (Phi) is 7.47. The molecule has 0 aliphatic carbocycles. The highest BCUT2D eigenvalue weighted by Gasteiger charge is 2.46. The lowest BCUT2D eigenvalue weighted by molar-refractivity contribution is -0.152. The SMILES string of the molecule is CC(C)[C@H](N)C(=O)O.Nc1ccc2c(c1)C(=O)N(C1CCC(=O)N(CCO)C1=O)C2=O. The molecule has 2 aliphatic heterocycles. The Morgan fingerprint density at radius 3 is 2.29 bits per heavy atom. The Hall–Kier alpha value is -3.31. The van der Waals surface area contributed by atoms with E-state index in [1.165, 1.54) is 18.2 Å². The van der Waals surface area contributed by atoms with Crippen molar-refractivity contribution in [3.05, 3.63) is 29.3 Å². The molecule has 1 aromatic rings. The molecule has 2 aliphatic rings. The molecule has 6 N–H and O–H groups in total. The van der Waals surface area contributed by atoms with Gasteiger partial charge in [-0.3, -0.25) is 33.8 Å². The van der Waals surface area contributed by atoms with Gasteiger partial charge in [-0.1, -0.05) is 13.8 Å². The predicted molar refractivity (Wildman–Crippen MR) is 109 cm³/mol. The summed E-state index contributed by atoms with van der Waals surface area (Å²) in [7, 11) is 0. The number of aliphatic carboxylic acids is 1. The maximum absolute atomic E-state index is 12.5. The van der Waals surface area contributed by atoms with Gasteiger partial charge in [0.1, 0.15) is 12.1 Å². The molecule has 0 aromatic heterocycles.